The van der Waals surface area contributed by atoms with Crippen LogP contribution in [0.5, 0.6) is 11.8 Å². The molecule has 1 aromatic rings. The number of nitrogens with zero attached hydrogens (tertiary/aromatic N) is 3. The van der Waals surface area contributed by atoms with E-state index in [2.05, 4.69) is 20.2 Å². The zero-order valence-corrected chi connectivity index (χ0v) is 15.8. The number of aromatic nitrogens is 2. The monoisotopic (exact) mass is 354 g/mol. The van der Waals surface area contributed by atoms with E-state index in [-0.39, 0.29) is 11.3 Å². The zero-order chi connectivity index (χ0) is 17.7. The lowest BCUT2D eigenvalue weighted by atomic mass is 9.92. The Morgan fingerprint density at radius 1 is 1.17 bits per heavy atom. The van der Waals surface area contributed by atoms with Gasteiger partial charge >= 0.3 is 0 Å². The number of carbonyl (C=O) groups is 1. The quantitative estimate of drug-likeness (QED) is 0.870. The molecule has 0 atom stereocenters. The van der Waals surface area contributed by atoms with Crippen molar-refractivity contribution in [3.8, 4) is 11.8 Å². The first kappa shape index (κ1) is 18.6. The van der Waals surface area contributed by atoms with E-state index in [0.717, 1.165) is 24.6 Å². The van der Waals surface area contributed by atoms with Gasteiger partial charge in [0, 0.05) is 31.0 Å². The molecule has 0 aromatic carbocycles. The van der Waals surface area contributed by atoms with Crippen LogP contribution in [0.4, 0.5) is 11.6 Å². The van der Waals surface area contributed by atoms with Crippen molar-refractivity contribution in [1.29, 1.82) is 0 Å². The number of hydrogen-bond donors (Lipinski definition) is 1. The molecule has 0 radical (unpaired) electrons. The average molecular weight is 354 g/mol. The maximum absolute atomic E-state index is 12.3. The predicted molar refractivity (Wildman–Crippen MR) is 97.4 cm³/mol. The molecule has 0 saturated carbocycles. The number of ether oxygens (including phenoxy) is 2. The minimum atomic E-state index is -0.121. The molecular weight excluding hydrogens is 328 g/mol. The molecule has 1 saturated heterocycles. The molecule has 1 N–H and O–H groups in total. The average Bonchev–Trinajstić information content (AvgIpc) is 2.54. The minimum absolute atomic E-state index is 0.114. The molecule has 24 heavy (non-hydrogen) atoms. The second-order valence-electron chi connectivity index (χ2n) is 6.80. The number of methoxy groups -OCH3 is 2. The summed E-state index contributed by atoms with van der Waals surface area (Å²) in [6.07, 6.45) is 0.379. The van der Waals surface area contributed by atoms with Crippen LogP contribution in [0.15, 0.2) is 0 Å². The van der Waals surface area contributed by atoms with E-state index in [0.29, 0.717) is 29.8 Å². The summed E-state index contributed by atoms with van der Waals surface area (Å²) in [7, 11) is 3.05. The Balaban J connectivity index is 2.28. The second kappa shape index (κ2) is 7.92. The normalized spacial score (nSPS) is 15.1. The fraction of sp³-hybridized carbons (Fsp3) is 0.688. The van der Waals surface area contributed by atoms with Crippen LogP contribution in [0, 0.1) is 5.41 Å². The first-order chi connectivity index (χ1) is 11.3. The van der Waals surface area contributed by atoms with Gasteiger partial charge in [0.05, 0.1) is 14.2 Å². The Labute approximate surface area is 147 Å². The van der Waals surface area contributed by atoms with Gasteiger partial charge in [-0.25, -0.2) is 0 Å². The van der Waals surface area contributed by atoms with Gasteiger partial charge in [-0.15, -0.1) is 0 Å². The summed E-state index contributed by atoms with van der Waals surface area (Å²) in [5, 5.41) is 2.83. The lowest BCUT2D eigenvalue weighted by molar-refractivity contribution is -0.117. The van der Waals surface area contributed by atoms with Gasteiger partial charge in [-0.2, -0.15) is 21.7 Å². The van der Waals surface area contributed by atoms with Crippen molar-refractivity contribution in [2.75, 3.05) is 49.0 Å². The summed E-state index contributed by atoms with van der Waals surface area (Å²) in [5.74, 6) is 3.16. The summed E-state index contributed by atoms with van der Waals surface area (Å²) in [5.41, 5.74) is 0.265. The van der Waals surface area contributed by atoms with E-state index in [1.165, 1.54) is 14.2 Å². The van der Waals surface area contributed by atoms with Crippen LogP contribution >= 0.6 is 11.8 Å². The van der Waals surface area contributed by atoms with Crippen molar-refractivity contribution < 1.29 is 14.3 Å². The third-order valence-electron chi connectivity index (χ3n) is 3.47. The Hall–Kier alpha value is -1.70. The van der Waals surface area contributed by atoms with Crippen LogP contribution in [0.25, 0.3) is 0 Å². The van der Waals surface area contributed by atoms with Gasteiger partial charge in [-0.05, 0) is 5.41 Å². The molecule has 0 spiro atoms. The molecule has 1 aliphatic rings. The summed E-state index contributed by atoms with van der Waals surface area (Å²) >= 11 is 1.91. The highest BCUT2D eigenvalue weighted by Gasteiger charge is 2.24. The summed E-state index contributed by atoms with van der Waals surface area (Å²) in [6, 6.07) is 0. The van der Waals surface area contributed by atoms with Crippen molar-refractivity contribution in [2.45, 2.75) is 27.2 Å². The van der Waals surface area contributed by atoms with Crippen LogP contribution in [-0.4, -0.2) is 54.7 Å². The van der Waals surface area contributed by atoms with Crippen LogP contribution < -0.4 is 19.7 Å². The van der Waals surface area contributed by atoms with Gasteiger partial charge in [-0.1, -0.05) is 20.8 Å². The smallest absolute Gasteiger partial charge is 0.246 e. The molecule has 8 heteroatoms. The van der Waals surface area contributed by atoms with Gasteiger partial charge in [-0.3, -0.25) is 4.79 Å². The molecule has 0 bridgehead atoms. The molecule has 1 fully saturated rings. The molecule has 2 rings (SSSR count). The number of anilines is 2. The number of amides is 1. The predicted octanol–water partition coefficient (Wildman–Crippen LogP) is 2.42. The zero-order valence-electron chi connectivity index (χ0n) is 15.0. The van der Waals surface area contributed by atoms with E-state index >= 15 is 0 Å². The fourth-order valence-corrected chi connectivity index (χ4v) is 3.29. The SMILES string of the molecule is COc1nc(N2CCSCC2)nc(OC)c1NC(=O)CC(C)(C)C. The van der Waals surface area contributed by atoms with Crippen molar-refractivity contribution in [3.05, 3.63) is 0 Å². The lowest BCUT2D eigenvalue weighted by Crippen LogP contribution is -2.34. The number of thioether (sulfide) groups is 1. The number of hydrogen-bond acceptors (Lipinski definition) is 7. The maximum Gasteiger partial charge on any atom is 0.246 e. The number of nitrogens with one attached hydrogen (secondary N) is 1. The Morgan fingerprint density at radius 3 is 2.17 bits per heavy atom. The molecular formula is C16H26N4O3S. The van der Waals surface area contributed by atoms with E-state index < -0.39 is 0 Å². The lowest BCUT2D eigenvalue weighted by Gasteiger charge is -2.27. The van der Waals surface area contributed by atoms with Gasteiger partial charge < -0.3 is 19.7 Å². The Kier molecular flexibility index (Phi) is 6.15. The topological polar surface area (TPSA) is 76.6 Å². The highest BCUT2D eigenvalue weighted by molar-refractivity contribution is 7.99. The molecule has 1 aliphatic heterocycles. The van der Waals surface area contributed by atoms with Crippen LogP contribution in [0.1, 0.15) is 27.2 Å². The van der Waals surface area contributed by atoms with Crippen molar-refractivity contribution in [3.63, 3.8) is 0 Å². The standard InChI is InChI=1S/C16H26N4O3S/c1-16(2,3)10-11(21)17-12-13(22-4)18-15(19-14(12)23-5)20-6-8-24-9-7-20/h6-10H2,1-5H3,(H,17,21). The summed E-state index contributed by atoms with van der Waals surface area (Å²) < 4.78 is 10.7. The number of carbonyl (C=O) groups excluding carboxylic acids is 1. The molecule has 0 unspecified atom stereocenters. The van der Waals surface area contributed by atoms with Gasteiger partial charge in [0.1, 0.15) is 0 Å². The second-order valence-corrected chi connectivity index (χ2v) is 8.03. The maximum atomic E-state index is 12.3. The summed E-state index contributed by atoms with van der Waals surface area (Å²) in [6.45, 7) is 7.79. The third-order valence-corrected chi connectivity index (χ3v) is 4.41. The van der Waals surface area contributed by atoms with Crippen molar-refractivity contribution in [2.24, 2.45) is 5.41 Å². The molecule has 1 amide bonds. The number of rotatable bonds is 5. The fourth-order valence-electron chi connectivity index (χ4n) is 2.38. The largest absolute Gasteiger partial charge is 0.479 e. The van der Waals surface area contributed by atoms with Gasteiger partial charge in [0.25, 0.3) is 0 Å². The first-order valence-electron chi connectivity index (χ1n) is 7.96. The van der Waals surface area contributed by atoms with Crippen molar-refractivity contribution in [1.82, 2.24) is 9.97 Å². The molecule has 134 valence electrons. The molecule has 1 aromatic heterocycles. The van der Waals surface area contributed by atoms with Crippen molar-refractivity contribution >= 4 is 29.3 Å². The summed E-state index contributed by atoms with van der Waals surface area (Å²) in [4.78, 5) is 23.3. The highest BCUT2D eigenvalue weighted by atomic mass is 32.2. The Bertz CT molecular complexity index is 558. The van der Waals surface area contributed by atoms with Crippen LogP contribution in [0.3, 0.4) is 0 Å². The first-order valence-corrected chi connectivity index (χ1v) is 9.12. The molecule has 7 nitrogen and oxygen atoms in total. The molecule has 0 aliphatic carbocycles. The van der Waals surface area contributed by atoms with Gasteiger partial charge in [0.15, 0.2) is 5.69 Å². The minimum Gasteiger partial charge on any atom is -0.479 e. The van der Waals surface area contributed by atoms with E-state index in [1.807, 2.05) is 32.5 Å². The van der Waals surface area contributed by atoms with Crippen LogP contribution in [0.2, 0.25) is 0 Å². The van der Waals surface area contributed by atoms with Gasteiger partial charge in [0.2, 0.25) is 23.6 Å². The molecule has 2 heterocycles. The Morgan fingerprint density at radius 2 is 1.71 bits per heavy atom. The third kappa shape index (κ3) is 4.90. The van der Waals surface area contributed by atoms with E-state index in [1.54, 1.807) is 0 Å². The van der Waals surface area contributed by atoms with E-state index in [9.17, 15) is 4.79 Å². The van der Waals surface area contributed by atoms with E-state index in [4.69, 9.17) is 9.47 Å². The van der Waals surface area contributed by atoms with Crippen LogP contribution in [-0.2, 0) is 4.79 Å². The highest BCUT2D eigenvalue weighted by Crippen LogP contribution is 2.34.